The summed E-state index contributed by atoms with van der Waals surface area (Å²) in [7, 11) is 2.06. The van der Waals surface area contributed by atoms with Crippen LogP contribution < -0.4 is 15.4 Å². The molecule has 9 nitrogen and oxygen atoms in total. The number of ether oxygens (including phenoxy) is 1. The molecule has 1 amide bonds. The molecule has 0 aromatic carbocycles. The number of piperazine rings is 1. The van der Waals surface area contributed by atoms with Gasteiger partial charge in [0, 0.05) is 43.4 Å². The highest BCUT2D eigenvalue weighted by Gasteiger charge is 2.39. The predicted octanol–water partition coefficient (Wildman–Crippen LogP) is 5.16. The van der Waals surface area contributed by atoms with E-state index >= 15 is 0 Å². The third kappa shape index (κ3) is 7.13. The SMILES string of the molecule is C=CC(=O)N1CCN(c2nc(OC(C)(C)[C@@H]3CCCN3C)nc(C)c2/C=C(/Cl)C(=C)c2nc(N)ccc2C(F)(F)F)CC1. The molecule has 0 unspecified atom stereocenters. The van der Waals surface area contributed by atoms with Crippen LogP contribution in [0.15, 0.2) is 36.4 Å². The van der Waals surface area contributed by atoms with Crippen LogP contribution in [-0.4, -0.2) is 82.1 Å². The number of hydrogen-bond acceptors (Lipinski definition) is 8. The van der Waals surface area contributed by atoms with E-state index in [4.69, 9.17) is 27.1 Å². The van der Waals surface area contributed by atoms with Crippen LogP contribution in [0.4, 0.5) is 24.8 Å². The molecule has 2 fully saturated rings. The van der Waals surface area contributed by atoms with Gasteiger partial charge in [0.1, 0.15) is 17.2 Å². The van der Waals surface area contributed by atoms with Crippen molar-refractivity contribution < 1.29 is 22.7 Å². The average Bonchev–Trinajstić information content (AvgIpc) is 3.39. The largest absolute Gasteiger partial charge is 0.456 e. The highest BCUT2D eigenvalue weighted by Crippen LogP contribution is 2.39. The normalized spacial score (nSPS) is 18.6. The number of hydrogen-bond donors (Lipinski definition) is 1. The Morgan fingerprint density at radius 1 is 1.14 bits per heavy atom. The van der Waals surface area contributed by atoms with Crippen molar-refractivity contribution in [3.05, 3.63) is 58.9 Å². The van der Waals surface area contributed by atoms with Crippen LogP contribution >= 0.6 is 11.6 Å². The van der Waals surface area contributed by atoms with E-state index in [9.17, 15) is 18.0 Å². The number of nitrogen functional groups attached to an aromatic ring is 1. The molecule has 0 aliphatic carbocycles. The Kier molecular flexibility index (Phi) is 9.41. The number of likely N-dealkylation sites (N-methyl/N-ethyl adjacent to an activating group) is 1. The number of pyridine rings is 1. The molecule has 2 aliphatic rings. The van der Waals surface area contributed by atoms with E-state index in [2.05, 4.69) is 35.1 Å². The third-order valence-corrected chi connectivity index (χ3v) is 8.24. The topological polar surface area (TPSA) is 101 Å². The fourth-order valence-corrected chi connectivity index (χ4v) is 5.82. The molecule has 2 saturated heterocycles. The van der Waals surface area contributed by atoms with Gasteiger partial charge in [-0.1, -0.05) is 24.8 Å². The van der Waals surface area contributed by atoms with E-state index in [0.717, 1.165) is 31.5 Å². The fraction of sp³-hybridized carbons (Fsp3) is 0.467. The first-order chi connectivity index (χ1) is 20.1. The smallest absolute Gasteiger partial charge is 0.418 e. The van der Waals surface area contributed by atoms with Gasteiger partial charge in [0.05, 0.1) is 22.0 Å². The van der Waals surface area contributed by atoms with Crippen molar-refractivity contribution in [1.82, 2.24) is 24.8 Å². The number of nitrogens with two attached hydrogens (primary N) is 1. The molecule has 0 bridgehead atoms. The van der Waals surface area contributed by atoms with Gasteiger partial charge in [-0.3, -0.25) is 9.69 Å². The number of allylic oxidation sites excluding steroid dienone is 2. The molecule has 4 rings (SSSR count). The number of aryl methyl sites for hydroxylation is 1. The van der Waals surface area contributed by atoms with E-state index in [1.807, 2.05) is 18.7 Å². The monoisotopic (exact) mass is 619 g/mol. The van der Waals surface area contributed by atoms with E-state index in [0.29, 0.717) is 43.3 Å². The van der Waals surface area contributed by atoms with Crippen LogP contribution in [0.3, 0.4) is 0 Å². The summed E-state index contributed by atoms with van der Waals surface area (Å²) in [6.45, 7) is 15.8. The molecule has 2 aromatic rings. The number of carbonyl (C=O) groups is 1. The summed E-state index contributed by atoms with van der Waals surface area (Å²) in [6.07, 6.45) is 0.113. The zero-order valence-electron chi connectivity index (χ0n) is 24.8. The van der Waals surface area contributed by atoms with Crippen LogP contribution in [-0.2, 0) is 11.0 Å². The van der Waals surface area contributed by atoms with Crippen molar-refractivity contribution in [2.24, 2.45) is 0 Å². The van der Waals surface area contributed by atoms with Gasteiger partial charge in [0.2, 0.25) is 5.91 Å². The Bertz CT molecular complexity index is 1440. The minimum atomic E-state index is -4.69. The second-order valence-electron chi connectivity index (χ2n) is 11.3. The van der Waals surface area contributed by atoms with Crippen LogP contribution in [0.5, 0.6) is 6.01 Å². The van der Waals surface area contributed by atoms with Gasteiger partial charge >= 0.3 is 12.2 Å². The van der Waals surface area contributed by atoms with Crippen molar-refractivity contribution in [1.29, 1.82) is 0 Å². The fourth-order valence-electron chi connectivity index (χ4n) is 5.62. The van der Waals surface area contributed by atoms with Crippen molar-refractivity contribution in [3.8, 4) is 6.01 Å². The summed E-state index contributed by atoms with van der Waals surface area (Å²) in [6, 6.07) is 2.27. The number of aromatic nitrogens is 3. The average molecular weight is 620 g/mol. The molecule has 0 spiro atoms. The van der Waals surface area contributed by atoms with Crippen LogP contribution in [0.2, 0.25) is 0 Å². The molecule has 2 N–H and O–H groups in total. The second kappa shape index (κ2) is 12.5. The van der Waals surface area contributed by atoms with Crippen molar-refractivity contribution in [3.63, 3.8) is 0 Å². The van der Waals surface area contributed by atoms with Crippen LogP contribution in [0, 0.1) is 6.92 Å². The number of alkyl halides is 3. The zero-order chi connectivity index (χ0) is 31.7. The van der Waals surface area contributed by atoms with E-state index < -0.39 is 23.0 Å². The summed E-state index contributed by atoms with van der Waals surface area (Å²) in [5, 5.41) is -0.0846. The summed E-state index contributed by atoms with van der Waals surface area (Å²) < 4.78 is 47.7. The lowest BCUT2D eigenvalue weighted by Gasteiger charge is -2.37. The van der Waals surface area contributed by atoms with Gasteiger partial charge in [0.15, 0.2) is 0 Å². The molecule has 13 heteroatoms. The van der Waals surface area contributed by atoms with Crippen molar-refractivity contribution in [2.75, 3.05) is 50.4 Å². The molecule has 4 heterocycles. The first-order valence-electron chi connectivity index (χ1n) is 14.0. The molecule has 1 atom stereocenters. The van der Waals surface area contributed by atoms with E-state index in [1.54, 1.807) is 11.8 Å². The Morgan fingerprint density at radius 2 is 1.81 bits per heavy atom. The standard InChI is InChI=1S/C30H37ClF3N7O2/c1-7-25(42)40-13-15-41(16-14-40)27-20(17-22(31)18(2)26-21(30(32,33)34)10-11-24(35)37-26)19(3)36-28(38-27)43-29(4,5)23-9-8-12-39(23)6/h7,10-11,17,23H,1-2,8-9,12-16H2,3-6H3,(H2,35,37)/b22-17+/t23-/m0/s1. The molecule has 2 aliphatic heterocycles. The molecule has 43 heavy (non-hydrogen) atoms. The quantitative estimate of drug-likeness (QED) is 0.320. The van der Waals surface area contributed by atoms with Gasteiger partial charge in [0.25, 0.3) is 0 Å². The van der Waals surface area contributed by atoms with Crippen LogP contribution in [0.25, 0.3) is 11.6 Å². The van der Waals surface area contributed by atoms with Crippen molar-refractivity contribution in [2.45, 2.75) is 51.4 Å². The predicted molar refractivity (Wildman–Crippen MR) is 163 cm³/mol. The summed E-state index contributed by atoms with van der Waals surface area (Å²) in [5.74, 6) is 0.212. The third-order valence-electron chi connectivity index (χ3n) is 7.91. The van der Waals surface area contributed by atoms with Gasteiger partial charge in [-0.25, -0.2) is 4.98 Å². The molecule has 0 saturated carbocycles. The number of halogens is 4. The lowest BCUT2D eigenvalue weighted by molar-refractivity contribution is -0.138. The van der Waals surface area contributed by atoms with Crippen molar-refractivity contribution >= 4 is 40.8 Å². The molecule has 2 aromatic heterocycles. The molecule has 232 valence electrons. The van der Waals surface area contributed by atoms with Gasteiger partial charge in [-0.15, -0.1) is 0 Å². The molecule has 0 radical (unpaired) electrons. The minimum absolute atomic E-state index is 0.0846. The highest BCUT2D eigenvalue weighted by atomic mass is 35.5. The first-order valence-corrected chi connectivity index (χ1v) is 14.3. The highest BCUT2D eigenvalue weighted by molar-refractivity contribution is 6.39. The number of rotatable bonds is 8. The summed E-state index contributed by atoms with van der Waals surface area (Å²) >= 11 is 6.63. The maximum absolute atomic E-state index is 13.8. The lowest BCUT2D eigenvalue weighted by Crippen LogP contribution is -2.49. The number of carbonyl (C=O) groups excluding carboxylic acids is 1. The van der Waals surface area contributed by atoms with Gasteiger partial charge in [-0.05, 0) is 71.5 Å². The van der Waals surface area contributed by atoms with Gasteiger partial charge < -0.3 is 20.3 Å². The van der Waals surface area contributed by atoms with Crippen LogP contribution in [0.1, 0.15) is 49.2 Å². The van der Waals surface area contributed by atoms with E-state index in [-0.39, 0.29) is 34.4 Å². The first kappa shape index (κ1) is 32.3. The zero-order valence-corrected chi connectivity index (χ0v) is 25.6. The minimum Gasteiger partial charge on any atom is -0.456 e. The molecular formula is C30H37ClF3N7O2. The Labute approximate surface area is 254 Å². The second-order valence-corrected chi connectivity index (χ2v) is 11.7. The maximum Gasteiger partial charge on any atom is 0.418 e. The number of anilines is 2. The Hall–Kier alpha value is -3.64. The number of nitrogens with zero attached hydrogens (tertiary/aromatic N) is 6. The maximum atomic E-state index is 13.8. The molecular weight excluding hydrogens is 583 g/mol. The summed E-state index contributed by atoms with van der Waals surface area (Å²) in [4.78, 5) is 31.4. The Morgan fingerprint density at radius 3 is 2.40 bits per heavy atom. The van der Waals surface area contributed by atoms with E-state index in [1.165, 1.54) is 12.2 Å². The summed E-state index contributed by atoms with van der Waals surface area (Å²) in [5.41, 5.74) is 4.48. The lowest BCUT2D eigenvalue weighted by atomic mass is 9.96. The van der Waals surface area contributed by atoms with Gasteiger partial charge in [-0.2, -0.15) is 23.1 Å². The number of amides is 1. The Balaban J connectivity index is 1.75. The number of likely N-dealkylation sites (tertiary alicyclic amines) is 1.